The molecule has 1 unspecified atom stereocenters. The lowest BCUT2D eigenvalue weighted by Gasteiger charge is -2.43. The van der Waals surface area contributed by atoms with E-state index in [0.717, 1.165) is 12.1 Å². The molecule has 9 nitrogen and oxygen atoms in total. The predicted molar refractivity (Wildman–Crippen MR) is 138 cm³/mol. The average molecular weight is 585 g/mol. The number of sulfonamides is 1. The normalized spacial score (nSPS) is 19.5. The summed E-state index contributed by atoms with van der Waals surface area (Å²) in [7, 11) is -4.18. The van der Waals surface area contributed by atoms with E-state index in [1.54, 1.807) is 20.8 Å². The molecule has 0 saturated carbocycles. The van der Waals surface area contributed by atoms with E-state index >= 15 is 0 Å². The second kappa shape index (κ2) is 10.2. The molecule has 1 aliphatic heterocycles. The Labute approximate surface area is 226 Å². The standard InChI is InChI=1S/C25H24ClF3N4O5S/c1-14-21(11-10-20(30)15-4-6-16(7-5-15)25(27,28)29)33(13-24(2,3)37-14)39(35,36)17-8-9-18(19(26)12-17)22-31-23(34)38-32-22/h4-12,14H,13,30H2,1-3H3,(H,31,32,34)/b20-10-,21-11+. The van der Waals surface area contributed by atoms with E-state index in [1.807, 2.05) is 0 Å². The molecular formula is C25H24ClF3N4O5S. The summed E-state index contributed by atoms with van der Waals surface area (Å²) in [6.45, 7) is 5.11. The number of ether oxygens (including phenoxy) is 1. The lowest BCUT2D eigenvalue weighted by Crippen LogP contribution is -2.52. The summed E-state index contributed by atoms with van der Waals surface area (Å²) in [4.78, 5) is 13.5. The second-order valence-electron chi connectivity index (χ2n) is 9.41. The van der Waals surface area contributed by atoms with E-state index in [1.165, 1.54) is 46.8 Å². The van der Waals surface area contributed by atoms with Crippen molar-refractivity contribution in [2.24, 2.45) is 5.73 Å². The van der Waals surface area contributed by atoms with Crippen LogP contribution in [0.2, 0.25) is 5.02 Å². The van der Waals surface area contributed by atoms with Crippen LogP contribution in [0.25, 0.3) is 17.1 Å². The molecule has 0 spiro atoms. The zero-order chi connectivity index (χ0) is 28.8. The Bertz CT molecular complexity index is 1610. The van der Waals surface area contributed by atoms with Gasteiger partial charge in [-0.2, -0.15) is 13.2 Å². The van der Waals surface area contributed by atoms with E-state index in [2.05, 4.69) is 14.7 Å². The summed E-state index contributed by atoms with van der Waals surface area (Å²) in [6, 6.07) is 8.24. The van der Waals surface area contributed by atoms with Gasteiger partial charge in [-0.1, -0.05) is 28.9 Å². The molecule has 4 rings (SSSR count). The molecule has 1 aromatic heterocycles. The van der Waals surface area contributed by atoms with Gasteiger partial charge >= 0.3 is 11.9 Å². The molecule has 0 radical (unpaired) electrons. The third-order valence-electron chi connectivity index (χ3n) is 5.93. The zero-order valence-electron chi connectivity index (χ0n) is 20.9. The lowest BCUT2D eigenvalue weighted by atomic mass is 10.0. The summed E-state index contributed by atoms with van der Waals surface area (Å²) in [5.41, 5.74) is 5.40. The summed E-state index contributed by atoms with van der Waals surface area (Å²) >= 11 is 6.33. The third kappa shape index (κ3) is 6.05. The van der Waals surface area contributed by atoms with Crippen molar-refractivity contribution < 1.29 is 30.8 Å². The Hall–Kier alpha value is -3.55. The third-order valence-corrected chi connectivity index (χ3v) is 8.01. The van der Waals surface area contributed by atoms with Crippen molar-refractivity contribution in [2.75, 3.05) is 6.54 Å². The molecule has 0 bridgehead atoms. The smallest absolute Gasteiger partial charge is 0.398 e. The van der Waals surface area contributed by atoms with Crippen molar-refractivity contribution in [1.82, 2.24) is 14.4 Å². The number of aromatic amines is 1. The number of aromatic nitrogens is 2. The quantitative estimate of drug-likeness (QED) is 0.441. The molecule has 0 amide bonds. The van der Waals surface area contributed by atoms with Gasteiger partial charge in [0.1, 0.15) is 0 Å². The van der Waals surface area contributed by atoms with E-state index < -0.39 is 39.2 Å². The summed E-state index contributed by atoms with van der Waals surface area (Å²) in [5, 5.41) is 3.58. The highest BCUT2D eigenvalue weighted by Gasteiger charge is 2.41. The summed E-state index contributed by atoms with van der Waals surface area (Å²) in [5.74, 6) is -0.750. The molecule has 14 heteroatoms. The number of allylic oxidation sites excluding steroid dienone is 2. The van der Waals surface area contributed by atoms with Crippen LogP contribution in [0, 0.1) is 0 Å². The molecule has 3 aromatic rings. The van der Waals surface area contributed by atoms with Crippen molar-refractivity contribution >= 4 is 27.3 Å². The van der Waals surface area contributed by atoms with Gasteiger partial charge in [-0.05, 0) is 68.8 Å². The Kier molecular flexibility index (Phi) is 7.45. The molecular weight excluding hydrogens is 561 g/mol. The molecule has 39 heavy (non-hydrogen) atoms. The Morgan fingerprint density at radius 1 is 1.23 bits per heavy atom. The maximum absolute atomic E-state index is 13.8. The minimum absolute atomic E-state index is 0.0122. The maximum Gasteiger partial charge on any atom is 0.439 e. The number of halogens is 4. The first-order valence-corrected chi connectivity index (χ1v) is 13.3. The lowest BCUT2D eigenvalue weighted by molar-refractivity contribution is -0.137. The van der Waals surface area contributed by atoms with Crippen LogP contribution >= 0.6 is 11.6 Å². The Morgan fingerprint density at radius 3 is 2.46 bits per heavy atom. The number of nitrogens with zero attached hydrogens (tertiary/aromatic N) is 2. The number of H-pyrrole nitrogens is 1. The summed E-state index contributed by atoms with van der Waals surface area (Å²) in [6.07, 6.45) is -2.30. The van der Waals surface area contributed by atoms with Crippen molar-refractivity contribution in [1.29, 1.82) is 0 Å². The minimum Gasteiger partial charge on any atom is -0.398 e. The molecule has 1 fully saturated rings. The monoisotopic (exact) mass is 584 g/mol. The highest BCUT2D eigenvalue weighted by Crippen LogP contribution is 2.36. The zero-order valence-corrected chi connectivity index (χ0v) is 22.5. The van der Waals surface area contributed by atoms with Crippen molar-refractivity contribution in [3.8, 4) is 11.4 Å². The first-order chi connectivity index (χ1) is 18.1. The fraction of sp³-hybridized carbons (Fsp3) is 0.280. The number of alkyl halides is 3. The van der Waals surface area contributed by atoms with E-state index in [0.29, 0.717) is 5.56 Å². The van der Waals surface area contributed by atoms with E-state index in [-0.39, 0.29) is 39.2 Å². The molecule has 1 aliphatic rings. The van der Waals surface area contributed by atoms with Gasteiger partial charge in [0.2, 0.25) is 0 Å². The van der Waals surface area contributed by atoms with Crippen LogP contribution in [-0.4, -0.2) is 41.1 Å². The fourth-order valence-corrected chi connectivity index (χ4v) is 6.17. The topological polar surface area (TPSA) is 132 Å². The van der Waals surface area contributed by atoms with Gasteiger partial charge < -0.3 is 10.5 Å². The summed E-state index contributed by atoms with van der Waals surface area (Å²) < 4.78 is 77.9. The molecule has 3 N–H and O–H groups in total. The van der Waals surface area contributed by atoms with Crippen LogP contribution in [-0.2, 0) is 20.9 Å². The molecule has 1 atom stereocenters. The molecule has 2 aromatic carbocycles. The predicted octanol–water partition coefficient (Wildman–Crippen LogP) is 4.77. The van der Waals surface area contributed by atoms with Crippen molar-refractivity contribution in [3.05, 3.63) is 87.0 Å². The number of nitrogens with one attached hydrogen (secondary N) is 1. The SMILES string of the molecule is CC1OC(C)(C)CN(S(=O)(=O)c2ccc(-c3noc(=O)[nH]3)c(Cl)c2)/C1=C/C=C(\N)c1ccc(C(F)(F)F)cc1. The Balaban J connectivity index is 1.71. The van der Waals surface area contributed by atoms with Gasteiger partial charge in [-0.15, -0.1) is 0 Å². The van der Waals surface area contributed by atoms with Crippen LogP contribution in [0.3, 0.4) is 0 Å². The number of morpholine rings is 1. The molecule has 1 saturated heterocycles. The molecule has 2 heterocycles. The number of rotatable bonds is 5. The average Bonchev–Trinajstić information content (AvgIpc) is 3.27. The Morgan fingerprint density at radius 2 is 1.90 bits per heavy atom. The van der Waals surface area contributed by atoms with Crippen LogP contribution in [0.4, 0.5) is 13.2 Å². The van der Waals surface area contributed by atoms with Gasteiger partial charge in [0.05, 0.1) is 39.4 Å². The van der Waals surface area contributed by atoms with Gasteiger partial charge in [-0.25, -0.2) is 13.2 Å². The fourth-order valence-electron chi connectivity index (χ4n) is 4.10. The largest absolute Gasteiger partial charge is 0.439 e. The number of nitrogens with two attached hydrogens (primary N) is 1. The van der Waals surface area contributed by atoms with Crippen molar-refractivity contribution in [2.45, 2.75) is 43.5 Å². The first-order valence-electron chi connectivity index (χ1n) is 11.5. The number of hydrogen-bond acceptors (Lipinski definition) is 7. The van der Waals surface area contributed by atoms with Gasteiger partial charge in [-0.3, -0.25) is 13.8 Å². The highest BCUT2D eigenvalue weighted by molar-refractivity contribution is 7.89. The maximum atomic E-state index is 13.8. The molecule has 208 valence electrons. The first kappa shape index (κ1) is 28.5. The van der Waals surface area contributed by atoms with Gasteiger partial charge in [0.25, 0.3) is 10.0 Å². The van der Waals surface area contributed by atoms with Crippen LogP contribution in [0.1, 0.15) is 31.9 Å². The van der Waals surface area contributed by atoms with Crippen molar-refractivity contribution in [3.63, 3.8) is 0 Å². The number of hydrogen-bond donors (Lipinski definition) is 2. The van der Waals surface area contributed by atoms with Crippen LogP contribution in [0.15, 0.2) is 74.5 Å². The highest BCUT2D eigenvalue weighted by atomic mass is 35.5. The van der Waals surface area contributed by atoms with Gasteiger partial charge in [0.15, 0.2) is 5.82 Å². The molecule has 0 aliphatic carbocycles. The number of benzene rings is 2. The van der Waals surface area contributed by atoms with E-state index in [9.17, 15) is 26.4 Å². The van der Waals surface area contributed by atoms with E-state index in [4.69, 9.17) is 22.1 Å². The van der Waals surface area contributed by atoms with Crippen LogP contribution < -0.4 is 11.5 Å². The second-order valence-corrected chi connectivity index (χ2v) is 11.7. The van der Waals surface area contributed by atoms with Gasteiger partial charge in [0, 0.05) is 11.3 Å². The minimum atomic E-state index is -4.48. The van der Waals surface area contributed by atoms with Crippen LogP contribution in [0.5, 0.6) is 0 Å².